The summed E-state index contributed by atoms with van der Waals surface area (Å²) >= 11 is 1.57. The smallest absolute Gasteiger partial charge is 0.216 e. The zero-order valence-electron chi connectivity index (χ0n) is 13.4. The number of hydrogen-bond acceptors (Lipinski definition) is 7. The molecule has 1 unspecified atom stereocenters. The Morgan fingerprint density at radius 1 is 1.30 bits per heavy atom. The van der Waals surface area contributed by atoms with Crippen LogP contribution < -0.4 is 10.5 Å². The Balaban J connectivity index is 2.50. The van der Waals surface area contributed by atoms with E-state index in [2.05, 4.69) is 9.97 Å². The van der Waals surface area contributed by atoms with Gasteiger partial charge in [-0.05, 0) is 11.8 Å². The average molecular weight is 335 g/mol. The van der Waals surface area contributed by atoms with E-state index in [0.29, 0.717) is 29.7 Å². The highest BCUT2D eigenvalue weighted by Gasteiger charge is 2.21. The van der Waals surface area contributed by atoms with Gasteiger partial charge in [0.2, 0.25) is 5.88 Å². The molecule has 124 valence electrons. The molecule has 2 rings (SSSR count). The van der Waals surface area contributed by atoms with Gasteiger partial charge in [-0.3, -0.25) is 0 Å². The maximum atomic E-state index is 9.38. The van der Waals surface area contributed by atoms with Crippen molar-refractivity contribution in [1.82, 2.24) is 9.97 Å². The molecule has 23 heavy (non-hydrogen) atoms. The van der Waals surface area contributed by atoms with E-state index in [9.17, 15) is 5.11 Å². The first-order chi connectivity index (χ1) is 11.1. The van der Waals surface area contributed by atoms with Gasteiger partial charge in [-0.25, -0.2) is 4.98 Å². The van der Waals surface area contributed by atoms with Crippen LogP contribution in [0.1, 0.15) is 27.9 Å². The number of aliphatic hydroxyl groups excluding tert-OH is 1. The fourth-order valence-corrected chi connectivity index (χ4v) is 3.08. The van der Waals surface area contributed by atoms with E-state index in [4.69, 9.17) is 15.2 Å². The van der Waals surface area contributed by atoms with Gasteiger partial charge < -0.3 is 20.3 Å². The lowest BCUT2D eigenvalue weighted by Crippen LogP contribution is -2.10. The van der Waals surface area contributed by atoms with Crippen molar-refractivity contribution >= 4 is 17.4 Å². The van der Waals surface area contributed by atoms with Crippen molar-refractivity contribution in [1.29, 1.82) is 0 Å². The third-order valence-corrected chi connectivity index (χ3v) is 4.36. The predicted octanol–water partition coefficient (Wildman–Crippen LogP) is 2.16. The molecule has 0 aliphatic rings. The number of benzene rings is 1. The lowest BCUT2D eigenvalue weighted by atomic mass is 10.0. The Labute approximate surface area is 140 Å². The van der Waals surface area contributed by atoms with Crippen molar-refractivity contribution in [3.8, 4) is 5.88 Å². The molecule has 0 aliphatic heterocycles. The van der Waals surface area contributed by atoms with Crippen molar-refractivity contribution < 1.29 is 14.6 Å². The number of hydrogen-bond donors (Lipinski definition) is 2. The lowest BCUT2D eigenvalue weighted by molar-refractivity contribution is 0.185. The van der Waals surface area contributed by atoms with Crippen LogP contribution >= 0.6 is 11.8 Å². The van der Waals surface area contributed by atoms with Crippen LogP contribution in [0.5, 0.6) is 5.88 Å². The molecule has 1 aromatic heterocycles. The minimum atomic E-state index is -0.174. The number of nitrogen functional groups attached to an aromatic ring is 1. The molecule has 2 aromatic rings. The van der Waals surface area contributed by atoms with E-state index in [1.165, 1.54) is 7.11 Å². The Hall–Kier alpha value is -1.83. The summed E-state index contributed by atoms with van der Waals surface area (Å²) in [5.74, 6) is 0.979. The largest absolute Gasteiger partial charge is 0.481 e. The van der Waals surface area contributed by atoms with E-state index in [0.717, 1.165) is 11.1 Å². The summed E-state index contributed by atoms with van der Waals surface area (Å²) < 4.78 is 10.4. The Kier molecular flexibility index (Phi) is 6.20. The third-order valence-electron chi connectivity index (χ3n) is 3.43. The summed E-state index contributed by atoms with van der Waals surface area (Å²) in [4.78, 5) is 8.83. The van der Waals surface area contributed by atoms with Gasteiger partial charge in [-0.2, -0.15) is 4.98 Å². The fraction of sp³-hybridized carbons (Fsp3) is 0.375. The van der Waals surface area contributed by atoms with Crippen LogP contribution in [0.4, 0.5) is 5.69 Å². The second kappa shape index (κ2) is 8.14. The lowest BCUT2D eigenvalue weighted by Gasteiger charge is -2.19. The molecule has 1 atom stereocenters. The number of aliphatic hydroxyl groups is 1. The highest BCUT2D eigenvalue weighted by molar-refractivity contribution is 7.99. The van der Waals surface area contributed by atoms with Crippen LogP contribution in [0.2, 0.25) is 0 Å². The Bertz CT molecular complexity index is 645. The van der Waals surface area contributed by atoms with Crippen LogP contribution in [-0.2, 0) is 18.0 Å². The van der Waals surface area contributed by atoms with E-state index in [1.807, 2.05) is 24.5 Å². The predicted molar refractivity (Wildman–Crippen MR) is 91.4 cm³/mol. The number of rotatable bonds is 7. The first-order valence-corrected chi connectivity index (χ1v) is 8.35. The van der Waals surface area contributed by atoms with Gasteiger partial charge in [0.05, 0.1) is 31.3 Å². The van der Waals surface area contributed by atoms with Crippen LogP contribution in [0, 0.1) is 0 Å². The minimum Gasteiger partial charge on any atom is -0.481 e. The van der Waals surface area contributed by atoms with Gasteiger partial charge in [-0.15, -0.1) is 11.8 Å². The number of thioether (sulfide) groups is 1. The standard InChI is InChI=1S/C16H21N3O3S/c1-21-9-10-5-4-6-12(14(10)17)15(23-3)16-18-11(8-20)7-13(19-16)22-2/h4-7,15,20H,8-9,17H2,1-3H3. The molecule has 0 amide bonds. The molecule has 1 aromatic carbocycles. The van der Waals surface area contributed by atoms with E-state index < -0.39 is 0 Å². The van der Waals surface area contributed by atoms with Crippen LogP contribution in [0.3, 0.4) is 0 Å². The molecule has 0 spiro atoms. The molecular weight excluding hydrogens is 314 g/mol. The summed E-state index contributed by atoms with van der Waals surface area (Å²) in [6, 6.07) is 7.45. The third kappa shape index (κ3) is 3.93. The maximum Gasteiger partial charge on any atom is 0.216 e. The highest BCUT2D eigenvalue weighted by atomic mass is 32.2. The quantitative estimate of drug-likeness (QED) is 0.749. The van der Waals surface area contributed by atoms with Crippen LogP contribution in [-0.4, -0.2) is 35.5 Å². The second-order valence-corrected chi connectivity index (χ2v) is 5.83. The van der Waals surface area contributed by atoms with Gasteiger partial charge in [0.25, 0.3) is 0 Å². The van der Waals surface area contributed by atoms with Crippen molar-refractivity contribution in [2.24, 2.45) is 0 Å². The van der Waals surface area contributed by atoms with Gasteiger partial charge in [-0.1, -0.05) is 18.2 Å². The summed E-state index contributed by atoms with van der Waals surface area (Å²) in [5.41, 5.74) is 9.32. The molecule has 0 saturated carbocycles. The van der Waals surface area contributed by atoms with Gasteiger partial charge in [0.1, 0.15) is 5.82 Å². The zero-order chi connectivity index (χ0) is 16.8. The first kappa shape index (κ1) is 17.5. The van der Waals surface area contributed by atoms with Crippen LogP contribution in [0.15, 0.2) is 24.3 Å². The molecule has 3 N–H and O–H groups in total. The minimum absolute atomic E-state index is 0.160. The van der Waals surface area contributed by atoms with Gasteiger partial charge >= 0.3 is 0 Å². The fourth-order valence-electron chi connectivity index (χ4n) is 2.31. The van der Waals surface area contributed by atoms with E-state index in [1.54, 1.807) is 24.9 Å². The maximum absolute atomic E-state index is 9.38. The normalized spacial score (nSPS) is 12.2. The van der Waals surface area contributed by atoms with Gasteiger partial charge in [0, 0.05) is 24.4 Å². The van der Waals surface area contributed by atoms with E-state index >= 15 is 0 Å². The molecular formula is C16H21N3O3S. The molecule has 0 saturated heterocycles. The molecule has 7 heteroatoms. The number of aromatic nitrogens is 2. The van der Waals surface area contributed by atoms with Crippen LogP contribution in [0.25, 0.3) is 0 Å². The monoisotopic (exact) mass is 335 g/mol. The number of nitrogens with two attached hydrogens (primary N) is 1. The van der Waals surface area contributed by atoms with Crippen molar-refractivity contribution in [2.45, 2.75) is 18.5 Å². The van der Waals surface area contributed by atoms with E-state index in [-0.39, 0.29) is 11.9 Å². The summed E-state index contributed by atoms with van der Waals surface area (Å²) in [6.07, 6.45) is 1.97. The Morgan fingerprint density at radius 2 is 2.09 bits per heavy atom. The number of anilines is 1. The molecule has 0 fully saturated rings. The molecule has 1 heterocycles. The first-order valence-electron chi connectivity index (χ1n) is 7.06. The summed E-state index contributed by atoms with van der Waals surface area (Å²) in [5, 5.41) is 9.22. The Morgan fingerprint density at radius 3 is 2.70 bits per heavy atom. The summed E-state index contributed by atoms with van der Waals surface area (Å²) in [7, 11) is 3.17. The number of para-hydroxylation sites is 1. The van der Waals surface area contributed by atoms with Gasteiger partial charge in [0.15, 0.2) is 0 Å². The molecule has 0 aliphatic carbocycles. The molecule has 0 bridgehead atoms. The molecule has 6 nitrogen and oxygen atoms in total. The molecule has 0 radical (unpaired) electrons. The topological polar surface area (TPSA) is 90.5 Å². The number of nitrogens with zero attached hydrogens (tertiary/aromatic N) is 2. The van der Waals surface area contributed by atoms with Crippen molar-refractivity contribution in [3.05, 3.63) is 46.9 Å². The van der Waals surface area contributed by atoms with Crippen molar-refractivity contribution in [2.75, 3.05) is 26.2 Å². The number of methoxy groups -OCH3 is 2. The van der Waals surface area contributed by atoms with Crippen molar-refractivity contribution in [3.63, 3.8) is 0 Å². The number of ether oxygens (including phenoxy) is 2. The zero-order valence-corrected chi connectivity index (χ0v) is 14.3. The second-order valence-electron chi connectivity index (χ2n) is 4.89. The highest BCUT2D eigenvalue weighted by Crippen LogP contribution is 2.37. The summed E-state index contributed by atoms with van der Waals surface area (Å²) in [6.45, 7) is 0.272. The SMILES string of the molecule is COCc1cccc(C(SC)c2nc(CO)cc(OC)n2)c1N. The average Bonchev–Trinajstić information content (AvgIpc) is 2.58.